The molecular formula is C12H12Cl2HfO. The average molecular weight is 422 g/mol. The van der Waals surface area contributed by atoms with E-state index in [0.29, 0.717) is 6.10 Å². The fourth-order valence-corrected chi connectivity index (χ4v) is 7.44. The van der Waals surface area contributed by atoms with E-state index in [1.807, 2.05) is 0 Å². The normalized spacial score (nSPS) is 32.8. The maximum absolute atomic E-state index is 6.07. The molecule has 0 aromatic carbocycles. The first kappa shape index (κ1) is 14.4. The molecular weight excluding hydrogens is 410 g/mol. The zero-order valence-corrected chi connectivity index (χ0v) is 13.8. The van der Waals surface area contributed by atoms with Crippen LogP contribution in [0.2, 0.25) is 0 Å². The van der Waals surface area contributed by atoms with Gasteiger partial charge in [-0.3, -0.25) is 0 Å². The molecule has 0 saturated carbocycles. The number of allylic oxidation sites excluding steroid dienone is 4. The van der Waals surface area contributed by atoms with Crippen LogP contribution in [0, 0.1) is 0 Å². The third-order valence-corrected chi connectivity index (χ3v) is 8.28. The van der Waals surface area contributed by atoms with Gasteiger partial charge in [0.1, 0.15) is 0 Å². The van der Waals surface area contributed by atoms with Gasteiger partial charge >= 0.3 is 95.8 Å². The van der Waals surface area contributed by atoms with Crippen LogP contribution in [0.4, 0.5) is 0 Å². The monoisotopic (exact) mass is 422 g/mol. The molecule has 0 aromatic rings. The van der Waals surface area contributed by atoms with Gasteiger partial charge in [0, 0.05) is 0 Å². The first-order chi connectivity index (χ1) is 6.86. The summed E-state index contributed by atoms with van der Waals surface area (Å²) in [6.45, 7) is 0. The van der Waals surface area contributed by atoms with Crippen LogP contribution in [0.15, 0.2) is 45.9 Å². The van der Waals surface area contributed by atoms with E-state index in [1.165, 1.54) is 6.42 Å². The molecule has 1 nitrogen and oxygen atoms in total. The van der Waals surface area contributed by atoms with Crippen LogP contribution in [-0.4, -0.2) is 9.46 Å². The Kier molecular flexibility index (Phi) is 5.24. The molecule has 2 heterocycles. The Hall–Kier alpha value is 0.370. The summed E-state index contributed by atoms with van der Waals surface area (Å²) in [7, 11) is 0. The Bertz CT molecular complexity index is 369. The molecule has 2 bridgehead atoms. The van der Waals surface area contributed by atoms with Crippen molar-refractivity contribution < 1.29 is 52.5 Å². The van der Waals surface area contributed by atoms with Crippen LogP contribution in [-0.2, 0) is 27.6 Å². The van der Waals surface area contributed by atoms with Gasteiger partial charge in [0.15, 0.2) is 0 Å². The SMILES string of the molecule is C1=CC[C]([Hf+2][C]23C=CCC(C=C2)O3)=C1.[Cl-].[Cl-]. The molecule has 3 rings (SSSR count). The van der Waals surface area contributed by atoms with Crippen molar-refractivity contribution in [2.75, 3.05) is 0 Å². The maximum atomic E-state index is 6.07. The standard InChI is InChI=1S/C7H7O.C5H5.2ClH.Hf/c1-2-6-4-5-7(3-1)8-6;1-2-4-5-3-1;;;/h1-2,4-5,7H,3H2;1-3H,4H2;2*1H;/q;;;;+2/p-2. The Morgan fingerprint density at radius 3 is 2.88 bits per heavy atom. The molecule has 0 saturated heterocycles. The van der Waals surface area contributed by atoms with Gasteiger partial charge in [-0.2, -0.15) is 0 Å². The van der Waals surface area contributed by atoms with E-state index in [-0.39, 0.29) is 28.2 Å². The molecule has 3 aliphatic rings. The van der Waals surface area contributed by atoms with Crippen molar-refractivity contribution in [3.05, 3.63) is 45.9 Å². The van der Waals surface area contributed by atoms with E-state index >= 15 is 0 Å². The Morgan fingerprint density at radius 2 is 2.12 bits per heavy atom. The van der Waals surface area contributed by atoms with Gasteiger partial charge in [-0.05, 0) is 0 Å². The van der Waals surface area contributed by atoms with Crippen molar-refractivity contribution >= 4 is 0 Å². The molecule has 0 amide bonds. The Labute approximate surface area is 120 Å². The summed E-state index contributed by atoms with van der Waals surface area (Å²) in [4.78, 5) is 0. The minimum Gasteiger partial charge on any atom is -1.00 e. The van der Waals surface area contributed by atoms with Crippen LogP contribution in [0.5, 0.6) is 0 Å². The topological polar surface area (TPSA) is 9.23 Å². The molecule has 0 fully saturated rings. The fourth-order valence-electron chi connectivity index (χ4n) is 2.08. The number of halogens is 2. The number of rotatable bonds is 2. The van der Waals surface area contributed by atoms with Crippen molar-refractivity contribution in [1.82, 2.24) is 0 Å². The molecule has 0 N–H and O–H groups in total. The number of ether oxygens (including phenoxy) is 1. The average Bonchev–Trinajstić information content (AvgIpc) is 2.76. The second kappa shape index (κ2) is 5.81. The Morgan fingerprint density at radius 1 is 1.25 bits per heavy atom. The van der Waals surface area contributed by atoms with Crippen LogP contribution in [0.25, 0.3) is 0 Å². The zero-order valence-electron chi connectivity index (χ0n) is 8.70. The first-order valence-electron chi connectivity index (χ1n) is 5.05. The van der Waals surface area contributed by atoms with E-state index in [1.54, 1.807) is 3.33 Å². The summed E-state index contributed by atoms with van der Waals surface area (Å²) < 4.78 is 7.82. The van der Waals surface area contributed by atoms with Crippen molar-refractivity contribution in [2.45, 2.75) is 22.3 Å². The van der Waals surface area contributed by atoms with Crippen molar-refractivity contribution in [3.8, 4) is 0 Å². The Balaban J connectivity index is 0.000000640. The van der Waals surface area contributed by atoms with Gasteiger partial charge in [0.05, 0.1) is 0 Å². The molecule has 1 aliphatic carbocycles. The smallest absolute Gasteiger partial charge is 1.00 e. The predicted molar refractivity (Wildman–Crippen MR) is 52.3 cm³/mol. The molecule has 2 atom stereocenters. The van der Waals surface area contributed by atoms with E-state index in [2.05, 4.69) is 42.5 Å². The quantitative estimate of drug-likeness (QED) is 0.333. The fraction of sp³-hybridized carbons (Fsp3) is 0.333. The molecule has 0 spiro atoms. The predicted octanol–water partition coefficient (Wildman–Crippen LogP) is -3.47. The minimum atomic E-state index is -0.856. The summed E-state index contributed by atoms with van der Waals surface area (Å²) in [5.74, 6) is 0. The van der Waals surface area contributed by atoms with Crippen LogP contribution < -0.4 is 24.8 Å². The van der Waals surface area contributed by atoms with Gasteiger partial charge in [0.2, 0.25) is 0 Å². The maximum Gasteiger partial charge on any atom is -1.00 e. The third kappa shape index (κ3) is 2.79. The van der Waals surface area contributed by atoms with Gasteiger partial charge in [-0.15, -0.1) is 0 Å². The second-order valence-corrected chi connectivity index (χ2v) is 9.91. The van der Waals surface area contributed by atoms with E-state index < -0.39 is 22.9 Å². The van der Waals surface area contributed by atoms with Gasteiger partial charge in [-0.1, -0.05) is 0 Å². The molecule has 84 valence electrons. The molecule has 2 aliphatic heterocycles. The molecule has 0 aromatic heterocycles. The number of hydrogen-bond acceptors (Lipinski definition) is 1. The van der Waals surface area contributed by atoms with Crippen LogP contribution >= 0.6 is 0 Å². The summed E-state index contributed by atoms with van der Waals surface area (Å²) in [6.07, 6.45) is 18.5. The van der Waals surface area contributed by atoms with Crippen LogP contribution in [0.3, 0.4) is 0 Å². The van der Waals surface area contributed by atoms with Gasteiger partial charge in [-0.25, -0.2) is 0 Å². The molecule has 16 heavy (non-hydrogen) atoms. The van der Waals surface area contributed by atoms with E-state index in [4.69, 9.17) is 4.74 Å². The largest absolute Gasteiger partial charge is 1.00 e. The van der Waals surface area contributed by atoms with Crippen molar-refractivity contribution in [1.29, 1.82) is 0 Å². The molecule has 2 unspecified atom stereocenters. The number of fused-ring (bicyclic) bond motifs is 2. The molecule has 4 heteroatoms. The zero-order chi connectivity index (χ0) is 9.43. The summed E-state index contributed by atoms with van der Waals surface area (Å²) >= 11 is -0.856. The third-order valence-electron chi connectivity index (χ3n) is 2.77. The van der Waals surface area contributed by atoms with Gasteiger partial charge < -0.3 is 24.8 Å². The minimum absolute atomic E-state index is 0. The van der Waals surface area contributed by atoms with E-state index in [9.17, 15) is 0 Å². The summed E-state index contributed by atoms with van der Waals surface area (Å²) in [5.41, 5.74) is 0. The second-order valence-electron chi connectivity index (χ2n) is 3.90. The van der Waals surface area contributed by atoms with Crippen molar-refractivity contribution in [2.24, 2.45) is 0 Å². The van der Waals surface area contributed by atoms with Crippen molar-refractivity contribution in [3.63, 3.8) is 0 Å². The first-order valence-corrected chi connectivity index (χ1v) is 8.64. The van der Waals surface area contributed by atoms with Crippen LogP contribution in [0.1, 0.15) is 12.8 Å². The summed E-state index contributed by atoms with van der Waals surface area (Å²) in [5, 5.41) is 0. The number of hydrogen-bond donors (Lipinski definition) is 0. The summed E-state index contributed by atoms with van der Waals surface area (Å²) in [6, 6.07) is 0. The van der Waals surface area contributed by atoms with Gasteiger partial charge in [0.25, 0.3) is 0 Å². The molecule has 0 radical (unpaired) electrons. The van der Waals surface area contributed by atoms with E-state index in [0.717, 1.165) is 6.42 Å².